The average Bonchev–Trinajstić information content (AvgIpc) is 3.58. The van der Waals surface area contributed by atoms with Crippen LogP contribution in [0.2, 0.25) is 0 Å². The Kier molecular flexibility index (Phi) is 7.90. The predicted molar refractivity (Wildman–Crippen MR) is 140 cm³/mol. The summed E-state index contributed by atoms with van der Waals surface area (Å²) in [6.45, 7) is 10.6. The van der Waals surface area contributed by atoms with Gasteiger partial charge in [-0.25, -0.2) is 4.98 Å². The molecule has 1 fully saturated rings. The number of rotatable bonds is 8. The summed E-state index contributed by atoms with van der Waals surface area (Å²) in [5, 5.41) is 17.8. The molecular weight excluding hydrogens is 474 g/mol. The molecule has 2 aromatic heterocycles. The first-order valence-corrected chi connectivity index (χ1v) is 13.3. The Labute approximate surface area is 216 Å². The number of carbonyl (C=O) groups excluding carboxylic acids is 2. The first-order valence-electron chi connectivity index (χ1n) is 12.5. The van der Waals surface area contributed by atoms with Crippen LogP contribution >= 0.6 is 11.3 Å². The molecule has 1 saturated heterocycles. The van der Waals surface area contributed by atoms with Crippen LogP contribution in [0, 0.1) is 12.8 Å². The Morgan fingerprint density at radius 1 is 1.19 bits per heavy atom. The third kappa shape index (κ3) is 5.52. The molecule has 1 aliphatic rings. The average molecular weight is 510 g/mol. The predicted octanol–water partition coefficient (Wildman–Crippen LogP) is 3.91. The number of thiazole rings is 1. The van der Waals surface area contributed by atoms with Crippen molar-refractivity contribution in [1.29, 1.82) is 0 Å². The maximum Gasteiger partial charge on any atom is 0.248 e. The molecule has 9 heteroatoms. The quantitative estimate of drug-likeness (QED) is 0.480. The number of carbonyl (C=O) groups is 2. The van der Waals surface area contributed by atoms with Gasteiger partial charge in [0.2, 0.25) is 11.8 Å². The van der Waals surface area contributed by atoms with E-state index in [0.717, 1.165) is 27.3 Å². The Morgan fingerprint density at radius 2 is 1.92 bits per heavy atom. The van der Waals surface area contributed by atoms with E-state index >= 15 is 0 Å². The van der Waals surface area contributed by atoms with Crippen molar-refractivity contribution in [2.45, 2.75) is 71.7 Å². The molecule has 2 N–H and O–H groups in total. The summed E-state index contributed by atoms with van der Waals surface area (Å²) in [7, 11) is 0. The lowest BCUT2D eigenvalue weighted by atomic mass is 10.0. The summed E-state index contributed by atoms with van der Waals surface area (Å²) in [4.78, 5) is 33.8. The van der Waals surface area contributed by atoms with E-state index in [1.165, 1.54) is 4.90 Å². The lowest BCUT2D eigenvalue weighted by Crippen LogP contribution is -2.49. The molecule has 0 bridgehead atoms. The van der Waals surface area contributed by atoms with Crippen LogP contribution in [0.1, 0.15) is 62.9 Å². The van der Waals surface area contributed by atoms with Gasteiger partial charge in [0.25, 0.3) is 0 Å². The van der Waals surface area contributed by atoms with Crippen molar-refractivity contribution in [3.63, 3.8) is 0 Å². The second-order valence-electron chi connectivity index (χ2n) is 10.2. The Hall–Kier alpha value is -3.04. The summed E-state index contributed by atoms with van der Waals surface area (Å²) >= 11 is 1.60. The van der Waals surface area contributed by atoms with Crippen molar-refractivity contribution in [3.8, 4) is 10.4 Å². The monoisotopic (exact) mass is 509 g/mol. The van der Waals surface area contributed by atoms with Crippen LogP contribution in [0.15, 0.2) is 42.2 Å². The van der Waals surface area contributed by atoms with Gasteiger partial charge in [0.1, 0.15) is 12.1 Å². The molecule has 3 heterocycles. The summed E-state index contributed by atoms with van der Waals surface area (Å²) in [6.07, 6.45) is 3.19. The Bertz CT molecular complexity index is 1200. The molecule has 3 aromatic rings. The fraction of sp³-hybridized carbons (Fsp3) is 0.481. The number of nitrogens with zero attached hydrogens (tertiary/aromatic N) is 4. The first kappa shape index (κ1) is 26.0. The van der Waals surface area contributed by atoms with Gasteiger partial charge < -0.3 is 15.3 Å². The van der Waals surface area contributed by atoms with Crippen LogP contribution in [0.5, 0.6) is 0 Å². The van der Waals surface area contributed by atoms with Gasteiger partial charge in [0, 0.05) is 25.7 Å². The van der Waals surface area contributed by atoms with E-state index in [4.69, 9.17) is 0 Å². The summed E-state index contributed by atoms with van der Waals surface area (Å²) in [6, 6.07) is 6.77. The van der Waals surface area contributed by atoms with Crippen molar-refractivity contribution in [1.82, 2.24) is 25.0 Å². The number of aromatic nitrogens is 3. The minimum Gasteiger partial charge on any atom is -0.391 e. The number of aliphatic hydroxyl groups is 1. The molecule has 0 aliphatic carbocycles. The van der Waals surface area contributed by atoms with E-state index in [9.17, 15) is 14.7 Å². The highest BCUT2D eigenvalue weighted by atomic mass is 32.1. The molecule has 3 atom stereocenters. The van der Waals surface area contributed by atoms with Crippen molar-refractivity contribution < 1.29 is 14.7 Å². The van der Waals surface area contributed by atoms with Crippen LogP contribution in [-0.4, -0.2) is 55.3 Å². The van der Waals surface area contributed by atoms with Crippen LogP contribution in [0.3, 0.4) is 0 Å². The number of hydrogen-bond acceptors (Lipinski definition) is 6. The largest absolute Gasteiger partial charge is 0.391 e. The number of β-amino-alcohol motifs (C(OH)–C–C–N with tert-alkyl or cyclic N) is 1. The van der Waals surface area contributed by atoms with Crippen LogP contribution in [-0.2, 0) is 16.1 Å². The number of aliphatic hydroxyl groups excluding tert-OH is 1. The number of benzene rings is 1. The number of likely N-dealkylation sites (tertiary alicyclic amines) is 1. The fourth-order valence-corrected chi connectivity index (χ4v) is 5.45. The van der Waals surface area contributed by atoms with E-state index in [0.29, 0.717) is 12.5 Å². The molecule has 192 valence electrons. The van der Waals surface area contributed by atoms with Gasteiger partial charge >= 0.3 is 0 Å². The first-order chi connectivity index (χ1) is 17.2. The van der Waals surface area contributed by atoms with Gasteiger partial charge in [-0.1, -0.05) is 52.0 Å². The normalized spacial score (nSPS) is 18.7. The molecule has 1 aliphatic heterocycles. The highest BCUT2D eigenvalue weighted by molar-refractivity contribution is 7.13. The highest BCUT2D eigenvalue weighted by Crippen LogP contribution is 2.29. The van der Waals surface area contributed by atoms with Crippen molar-refractivity contribution in [3.05, 3.63) is 59.0 Å². The molecule has 2 amide bonds. The van der Waals surface area contributed by atoms with Gasteiger partial charge in [-0.15, -0.1) is 11.3 Å². The maximum absolute atomic E-state index is 13.6. The molecule has 36 heavy (non-hydrogen) atoms. The van der Waals surface area contributed by atoms with Gasteiger partial charge in [-0.3, -0.25) is 14.3 Å². The molecule has 8 nitrogen and oxygen atoms in total. The number of nitrogens with one attached hydrogen (secondary N) is 1. The van der Waals surface area contributed by atoms with Gasteiger partial charge in [0.15, 0.2) is 0 Å². The second-order valence-corrected chi connectivity index (χ2v) is 11.0. The molecule has 4 rings (SSSR count). The maximum atomic E-state index is 13.6. The van der Waals surface area contributed by atoms with Gasteiger partial charge in [0.05, 0.1) is 28.4 Å². The van der Waals surface area contributed by atoms with Crippen LogP contribution in [0.25, 0.3) is 10.4 Å². The lowest BCUT2D eigenvalue weighted by molar-refractivity contribution is -0.142. The Balaban J connectivity index is 1.44. The smallest absolute Gasteiger partial charge is 0.248 e. The Morgan fingerprint density at radius 3 is 2.50 bits per heavy atom. The summed E-state index contributed by atoms with van der Waals surface area (Å²) in [5.41, 5.74) is 5.95. The number of amides is 2. The SMILES string of the molecule is Cc1ncsc1-c1ccc(CNC(=O)[C@@H]2C[C@@H](O)CN2C(=O)[C@H](C(C)C)n2cc(C(C)C)cn2)cc1. The van der Waals surface area contributed by atoms with E-state index in [1.54, 1.807) is 22.2 Å². The van der Waals surface area contributed by atoms with Gasteiger partial charge in [-0.05, 0) is 35.4 Å². The second kappa shape index (κ2) is 10.9. The van der Waals surface area contributed by atoms with Crippen molar-refractivity contribution >= 4 is 23.2 Å². The molecule has 0 saturated carbocycles. The number of aryl methyl sites for hydroxylation is 1. The zero-order valence-electron chi connectivity index (χ0n) is 21.5. The van der Waals surface area contributed by atoms with E-state index in [-0.39, 0.29) is 30.7 Å². The topological polar surface area (TPSA) is 100 Å². The summed E-state index contributed by atoms with van der Waals surface area (Å²) < 4.78 is 1.70. The zero-order valence-corrected chi connectivity index (χ0v) is 22.3. The minimum absolute atomic E-state index is 0.0282. The van der Waals surface area contributed by atoms with E-state index < -0.39 is 18.2 Å². The molecule has 0 unspecified atom stereocenters. The van der Waals surface area contributed by atoms with Crippen LogP contribution in [0.4, 0.5) is 0 Å². The lowest BCUT2D eigenvalue weighted by Gasteiger charge is -2.30. The highest BCUT2D eigenvalue weighted by Gasteiger charge is 2.42. The van der Waals surface area contributed by atoms with E-state index in [2.05, 4.69) is 29.2 Å². The molecule has 0 spiro atoms. The van der Waals surface area contributed by atoms with Crippen molar-refractivity contribution in [2.75, 3.05) is 6.54 Å². The fourth-order valence-electron chi connectivity index (χ4n) is 4.64. The van der Waals surface area contributed by atoms with Crippen molar-refractivity contribution in [2.24, 2.45) is 5.92 Å². The standard InChI is InChI=1S/C27H35N5O3S/c1-16(2)21-12-30-32(13-21)24(17(3)4)27(35)31-14-22(33)10-23(31)26(34)28-11-19-6-8-20(9-7-19)25-18(5)29-15-36-25/h6-9,12-13,15-17,22-24,33H,10-11,14H2,1-5H3,(H,28,34)/t22-,23+,24+/m1/s1. The third-order valence-corrected chi connectivity index (χ3v) is 7.73. The van der Waals surface area contributed by atoms with E-state index in [1.807, 2.05) is 56.7 Å². The third-order valence-electron chi connectivity index (χ3n) is 6.75. The number of hydrogen-bond donors (Lipinski definition) is 2. The summed E-state index contributed by atoms with van der Waals surface area (Å²) in [5.74, 6) is -0.175. The molecule has 1 aromatic carbocycles. The molecule has 0 radical (unpaired) electrons. The van der Waals surface area contributed by atoms with Gasteiger partial charge in [-0.2, -0.15) is 5.10 Å². The zero-order chi connectivity index (χ0) is 26.0. The molecular formula is C27H35N5O3S. The minimum atomic E-state index is -0.733. The van der Waals surface area contributed by atoms with Crippen LogP contribution < -0.4 is 5.32 Å².